The number of ether oxygens (including phenoxy) is 1. The Bertz CT molecular complexity index is 552. The first-order valence-electron chi connectivity index (χ1n) is 6.45. The highest BCUT2D eigenvalue weighted by Gasteiger charge is 2.43. The number of nitro groups is 1. The topological polar surface area (TPSA) is 86.5 Å². The first kappa shape index (κ1) is 16.6. The van der Waals surface area contributed by atoms with E-state index in [9.17, 15) is 19.7 Å². The van der Waals surface area contributed by atoms with Crippen LogP contribution in [0, 0.1) is 10.1 Å². The number of Topliss-reactive ketones (excluding diaryl/α,β-unsaturated/α-hetero) is 1. The molecule has 0 saturated heterocycles. The summed E-state index contributed by atoms with van der Waals surface area (Å²) in [7, 11) is 0. The highest BCUT2D eigenvalue weighted by molar-refractivity contribution is 5.95. The maximum absolute atomic E-state index is 11.9. The van der Waals surface area contributed by atoms with Crippen molar-refractivity contribution in [2.45, 2.75) is 25.8 Å². The van der Waals surface area contributed by atoms with E-state index >= 15 is 0 Å². The highest BCUT2D eigenvalue weighted by atomic mass is 16.6. The van der Waals surface area contributed by atoms with Crippen LogP contribution in [0.3, 0.4) is 0 Å². The fourth-order valence-corrected chi connectivity index (χ4v) is 2.02. The maximum atomic E-state index is 11.9. The number of carbonyl (C=O) groups excluding carboxylic acids is 2. The molecule has 0 spiro atoms. The van der Waals surface area contributed by atoms with Gasteiger partial charge in [-0.3, -0.25) is 14.9 Å². The number of esters is 1. The van der Waals surface area contributed by atoms with Crippen LogP contribution < -0.4 is 0 Å². The van der Waals surface area contributed by atoms with Gasteiger partial charge < -0.3 is 4.74 Å². The minimum Gasteiger partial charge on any atom is -0.461 e. The molecule has 6 nitrogen and oxygen atoms in total. The van der Waals surface area contributed by atoms with E-state index in [0.717, 1.165) is 0 Å². The van der Waals surface area contributed by atoms with Crippen LogP contribution in [0.25, 0.3) is 0 Å². The second-order valence-corrected chi connectivity index (χ2v) is 4.45. The van der Waals surface area contributed by atoms with Crippen molar-refractivity contribution in [1.29, 1.82) is 0 Å². The molecule has 0 aliphatic carbocycles. The summed E-state index contributed by atoms with van der Waals surface area (Å²) in [5.41, 5.74) is 0.489. The molecule has 21 heavy (non-hydrogen) atoms. The molecule has 1 aromatic carbocycles. The lowest BCUT2D eigenvalue weighted by Crippen LogP contribution is -2.39. The lowest BCUT2D eigenvalue weighted by molar-refractivity contribution is -0.513. The average molecular weight is 291 g/mol. The van der Waals surface area contributed by atoms with Crippen LogP contribution in [0.1, 0.15) is 25.3 Å². The average Bonchev–Trinajstić information content (AvgIpc) is 2.44. The fourth-order valence-electron chi connectivity index (χ4n) is 2.02. The molecule has 0 bridgehead atoms. The van der Waals surface area contributed by atoms with Crippen molar-refractivity contribution in [3.63, 3.8) is 0 Å². The van der Waals surface area contributed by atoms with Crippen molar-refractivity contribution in [2.75, 3.05) is 6.61 Å². The molecule has 0 fully saturated rings. The molecule has 0 saturated carbocycles. The van der Waals surface area contributed by atoms with Gasteiger partial charge in [-0.15, -0.1) is 0 Å². The Hall–Kier alpha value is -2.50. The number of nitrogens with zero attached hydrogens (tertiary/aromatic N) is 1. The van der Waals surface area contributed by atoms with Crippen LogP contribution in [-0.4, -0.2) is 29.3 Å². The lowest BCUT2D eigenvalue weighted by Gasteiger charge is -2.21. The number of hydrogen-bond donors (Lipinski definition) is 0. The molecule has 0 aromatic heterocycles. The first-order chi connectivity index (χ1) is 9.90. The molecule has 0 aliphatic heterocycles. The predicted octanol–water partition coefficient (Wildman–Crippen LogP) is 2.12. The molecule has 112 valence electrons. The molecule has 0 aliphatic rings. The first-order valence-corrected chi connectivity index (χ1v) is 6.45. The molecule has 0 amide bonds. The molecule has 1 aromatic rings. The smallest absolute Gasteiger partial charge is 0.382 e. The summed E-state index contributed by atoms with van der Waals surface area (Å²) in [6.07, 6.45) is 0. The summed E-state index contributed by atoms with van der Waals surface area (Å²) in [6, 6.07) is 6.64. The quantitative estimate of drug-likeness (QED) is 0.332. The zero-order valence-electron chi connectivity index (χ0n) is 11.9. The number of ketones is 1. The summed E-state index contributed by atoms with van der Waals surface area (Å²) in [6.45, 7) is 6.47. The van der Waals surface area contributed by atoms with E-state index in [4.69, 9.17) is 4.74 Å². The summed E-state index contributed by atoms with van der Waals surface area (Å²) >= 11 is 0. The summed E-state index contributed by atoms with van der Waals surface area (Å²) in [5, 5.41) is 11.3. The molecule has 2 unspecified atom stereocenters. The normalized spacial score (nSPS) is 13.0. The van der Waals surface area contributed by atoms with E-state index < -0.39 is 28.6 Å². The Labute approximate surface area is 122 Å². The Balaban J connectivity index is 3.33. The van der Waals surface area contributed by atoms with E-state index in [2.05, 4.69) is 6.58 Å². The van der Waals surface area contributed by atoms with Gasteiger partial charge in [-0.25, -0.2) is 4.79 Å². The van der Waals surface area contributed by atoms with Gasteiger partial charge in [0.25, 0.3) is 0 Å². The van der Waals surface area contributed by atoms with Gasteiger partial charge >= 0.3 is 12.0 Å². The molecule has 6 heteroatoms. The van der Waals surface area contributed by atoms with Crippen LogP contribution in [0.15, 0.2) is 42.5 Å². The van der Waals surface area contributed by atoms with Gasteiger partial charge in [0.1, 0.15) is 0 Å². The van der Waals surface area contributed by atoms with Gasteiger partial charge in [0.05, 0.1) is 12.5 Å². The number of carbonyl (C=O) groups is 2. The van der Waals surface area contributed by atoms with Crippen LogP contribution in [-0.2, 0) is 14.3 Å². The lowest BCUT2D eigenvalue weighted by atomic mass is 9.84. The van der Waals surface area contributed by atoms with Crippen molar-refractivity contribution in [1.82, 2.24) is 0 Å². The number of benzene rings is 1. The van der Waals surface area contributed by atoms with E-state index in [-0.39, 0.29) is 12.2 Å². The SMILES string of the molecule is C=C(C(C)=O)C(c1ccccc1)C(C(=O)OCC)[N+](=O)[O-]. The highest BCUT2D eigenvalue weighted by Crippen LogP contribution is 2.30. The van der Waals surface area contributed by atoms with Gasteiger partial charge in [-0.2, -0.15) is 0 Å². The maximum Gasteiger partial charge on any atom is 0.382 e. The minimum absolute atomic E-state index is 0.0101. The Morgan fingerprint density at radius 2 is 1.90 bits per heavy atom. The standard InChI is InChI=1S/C15H17NO5/c1-4-21-15(18)14(16(19)20)13(10(2)11(3)17)12-8-6-5-7-9-12/h5-9,13-14H,2,4H2,1,3H3. The van der Waals surface area contributed by atoms with Gasteiger partial charge in [-0.1, -0.05) is 36.9 Å². The van der Waals surface area contributed by atoms with Gasteiger partial charge in [-0.05, 0) is 19.4 Å². The number of hydrogen-bond acceptors (Lipinski definition) is 5. The molecule has 1 rings (SSSR count). The third-order valence-corrected chi connectivity index (χ3v) is 3.06. The Morgan fingerprint density at radius 1 is 1.33 bits per heavy atom. The summed E-state index contributed by atoms with van der Waals surface area (Å²) < 4.78 is 4.76. The van der Waals surface area contributed by atoms with Crippen molar-refractivity contribution < 1.29 is 19.2 Å². The van der Waals surface area contributed by atoms with E-state index in [1.807, 2.05) is 0 Å². The summed E-state index contributed by atoms with van der Waals surface area (Å²) in [4.78, 5) is 34.1. The molecule has 0 radical (unpaired) electrons. The van der Waals surface area contributed by atoms with Gasteiger partial charge in [0.2, 0.25) is 0 Å². The molecular weight excluding hydrogens is 274 g/mol. The van der Waals surface area contributed by atoms with Crippen LogP contribution >= 0.6 is 0 Å². The second kappa shape index (κ2) is 7.33. The third-order valence-electron chi connectivity index (χ3n) is 3.06. The Morgan fingerprint density at radius 3 is 2.33 bits per heavy atom. The van der Waals surface area contributed by atoms with E-state index in [1.54, 1.807) is 37.3 Å². The minimum atomic E-state index is -1.69. The second-order valence-electron chi connectivity index (χ2n) is 4.45. The van der Waals surface area contributed by atoms with Gasteiger partial charge in [0.15, 0.2) is 5.78 Å². The van der Waals surface area contributed by atoms with E-state index in [1.165, 1.54) is 6.92 Å². The Kier molecular flexibility index (Phi) is 5.78. The van der Waals surface area contributed by atoms with Crippen molar-refractivity contribution in [3.8, 4) is 0 Å². The number of rotatable bonds is 7. The predicted molar refractivity (Wildman–Crippen MR) is 76.4 cm³/mol. The van der Waals surface area contributed by atoms with Gasteiger partial charge in [0, 0.05) is 10.5 Å². The summed E-state index contributed by atoms with van der Waals surface area (Å²) in [5.74, 6) is -2.42. The molecular formula is C15H17NO5. The largest absolute Gasteiger partial charge is 0.461 e. The van der Waals surface area contributed by atoms with Crippen LogP contribution in [0.5, 0.6) is 0 Å². The van der Waals surface area contributed by atoms with Crippen molar-refractivity contribution >= 4 is 11.8 Å². The third kappa shape index (κ3) is 3.98. The monoisotopic (exact) mass is 291 g/mol. The van der Waals surface area contributed by atoms with Crippen LogP contribution in [0.2, 0.25) is 0 Å². The zero-order valence-corrected chi connectivity index (χ0v) is 11.9. The van der Waals surface area contributed by atoms with Crippen molar-refractivity contribution in [3.05, 3.63) is 58.2 Å². The van der Waals surface area contributed by atoms with Crippen LogP contribution in [0.4, 0.5) is 0 Å². The van der Waals surface area contributed by atoms with Crippen molar-refractivity contribution in [2.24, 2.45) is 0 Å². The molecule has 0 N–H and O–H groups in total. The molecule has 2 atom stereocenters. The fraction of sp³-hybridized carbons (Fsp3) is 0.333. The van der Waals surface area contributed by atoms with E-state index in [0.29, 0.717) is 5.56 Å². The zero-order chi connectivity index (χ0) is 16.0. The molecule has 0 heterocycles.